The molecule has 1 aliphatic heterocycles. The summed E-state index contributed by atoms with van der Waals surface area (Å²) in [5, 5.41) is 0. The Bertz CT molecular complexity index is 301. The van der Waals surface area contributed by atoms with E-state index < -0.39 is 11.3 Å². The van der Waals surface area contributed by atoms with E-state index in [4.69, 9.17) is 0 Å². The summed E-state index contributed by atoms with van der Waals surface area (Å²) >= 11 is -2.05. The predicted molar refractivity (Wildman–Crippen MR) is 44.8 cm³/mol. The Balaban J connectivity index is 2.11. The fraction of sp³-hybridized carbons (Fsp3) is 0.250. The van der Waals surface area contributed by atoms with E-state index in [2.05, 4.69) is 0 Å². The first-order valence-electron chi connectivity index (χ1n) is 3.70. The van der Waals surface area contributed by atoms with Gasteiger partial charge in [0.15, 0.2) is 0 Å². The van der Waals surface area contributed by atoms with Gasteiger partial charge in [-0.25, -0.2) is 4.31 Å². The van der Waals surface area contributed by atoms with Gasteiger partial charge in [0.1, 0.15) is 0 Å². The molecule has 4 heteroatoms. The van der Waals surface area contributed by atoms with Crippen LogP contribution in [0.4, 0.5) is 0 Å². The minimum atomic E-state index is -2.05. The highest BCUT2D eigenvalue weighted by Crippen LogP contribution is 2.35. The van der Waals surface area contributed by atoms with Crippen molar-refractivity contribution in [2.24, 2.45) is 0 Å². The van der Waals surface area contributed by atoms with E-state index in [1.165, 1.54) is 4.31 Å². The zero-order valence-electron chi connectivity index (χ0n) is 6.34. The second-order valence-electron chi connectivity index (χ2n) is 2.74. The molecule has 0 saturated carbocycles. The molecule has 0 aliphatic carbocycles. The average molecular weight is 182 g/mol. The normalized spacial score (nSPS) is 29.8. The van der Waals surface area contributed by atoms with Gasteiger partial charge >= 0.3 is 0 Å². The molecule has 0 aromatic heterocycles. The van der Waals surface area contributed by atoms with Crippen molar-refractivity contribution in [1.29, 1.82) is 0 Å². The third-order valence-electron chi connectivity index (χ3n) is 1.94. The summed E-state index contributed by atoms with van der Waals surface area (Å²) in [5.41, 5.74) is 1.07. The van der Waals surface area contributed by atoms with Gasteiger partial charge in [0, 0.05) is 17.8 Å². The Hall–Kier alpha value is -0.710. The van der Waals surface area contributed by atoms with Crippen molar-refractivity contribution >= 4 is 11.3 Å². The van der Waals surface area contributed by atoms with Crippen LogP contribution in [0.25, 0.3) is 0 Å². The van der Waals surface area contributed by atoms with Crippen LogP contribution in [0.5, 0.6) is 0 Å². The molecule has 0 radical (unpaired) electrons. The molecular formula is C8H8NO2S-. The molecular weight excluding hydrogens is 174 g/mol. The summed E-state index contributed by atoms with van der Waals surface area (Å²) in [7, 11) is 0. The molecule has 2 rings (SSSR count). The summed E-state index contributed by atoms with van der Waals surface area (Å²) in [5.74, 6) is 0. The van der Waals surface area contributed by atoms with Crippen molar-refractivity contribution in [2.45, 2.75) is 6.04 Å². The van der Waals surface area contributed by atoms with Gasteiger partial charge < -0.3 is 4.55 Å². The molecule has 3 atom stereocenters. The van der Waals surface area contributed by atoms with E-state index in [0.29, 0.717) is 6.54 Å². The highest BCUT2D eigenvalue weighted by atomic mass is 32.2. The first-order chi connectivity index (χ1) is 5.79. The average Bonchev–Trinajstić information content (AvgIpc) is 2.84. The summed E-state index contributed by atoms with van der Waals surface area (Å²) in [4.78, 5) is 0. The van der Waals surface area contributed by atoms with Crippen LogP contribution in [0.2, 0.25) is 0 Å². The van der Waals surface area contributed by atoms with Crippen LogP contribution in [0.1, 0.15) is 11.6 Å². The standard InChI is InChI=1S/C8H9NO2S/c10-12(11)9-6-8(9)7-4-2-1-3-5-7/h1-5,8H,6H2,(H,10,11)/p-1. The van der Waals surface area contributed by atoms with E-state index in [1.54, 1.807) is 0 Å². The number of hydrogen-bond donors (Lipinski definition) is 0. The van der Waals surface area contributed by atoms with Crippen LogP contribution in [0.3, 0.4) is 0 Å². The summed E-state index contributed by atoms with van der Waals surface area (Å²) < 4.78 is 22.4. The molecule has 12 heavy (non-hydrogen) atoms. The van der Waals surface area contributed by atoms with Crippen molar-refractivity contribution in [3.63, 3.8) is 0 Å². The highest BCUT2D eigenvalue weighted by Gasteiger charge is 2.36. The SMILES string of the molecule is O=S([O-])N1CC1c1ccccc1. The zero-order chi connectivity index (χ0) is 8.55. The second kappa shape index (κ2) is 2.97. The number of benzene rings is 1. The van der Waals surface area contributed by atoms with E-state index in [1.807, 2.05) is 30.3 Å². The first-order valence-corrected chi connectivity index (χ1v) is 4.73. The van der Waals surface area contributed by atoms with E-state index in [-0.39, 0.29) is 6.04 Å². The minimum absolute atomic E-state index is 0.0875. The molecule has 0 N–H and O–H groups in total. The fourth-order valence-electron chi connectivity index (χ4n) is 1.23. The lowest BCUT2D eigenvalue weighted by Gasteiger charge is -2.05. The van der Waals surface area contributed by atoms with Crippen LogP contribution >= 0.6 is 0 Å². The van der Waals surface area contributed by atoms with Gasteiger partial charge in [0.25, 0.3) is 0 Å². The van der Waals surface area contributed by atoms with Crippen molar-refractivity contribution in [3.05, 3.63) is 35.9 Å². The van der Waals surface area contributed by atoms with Gasteiger partial charge in [-0.1, -0.05) is 30.3 Å². The van der Waals surface area contributed by atoms with E-state index in [9.17, 15) is 8.76 Å². The smallest absolute Gasteiger partial charge is 0.0602 e. The lowest BCUT2D eigenvalue weighted by molar-refractivity contribution is 0.497. The molecule has 1 fully saturated rings. The third kappa shape index (κ3) is 1.41. The lowest BCUT2D eigenvalue weighted by atomic mass is 10.2. The summed E-state index contributed by atoms with van der Waals surface area (Å²) in [6.45, 7) is 0.625. The Labute approximate surface area is 73.4 Å². The predicted octanol–water partition coefficient (Wildman–Crippen LogP) is 0.837. The maximum absolute atomic E-state index is 10.5. The van der Waals surface area contributed by atoms with Crippen molar-refractivity contribution in [2.75, 3.05) is 6.54 Å². The molecule has 1 aromatic rings. The fourth-order valence-corrected chi connectivity index (χ4v) is 1.83. The van der Waals surface area contributed by atoms with Gasteiger partial charge in [-0.3, -0.25) is 4.21 Å². The Kier molecular flexibility index (Phi) is 1.96. The van der Waals surface area contributed by atoms with Gasteiger partial charge in [0.2, 0.25) is 0 Å². The zero-order valence-corrected chi connectivity index (χ0v) is 7.16. The number of rotatable bonds is 2. The number of hydrogen-bond acceptors (Lipinski definition) is 2. The Morgan fingerprint density at radius 3 is 2.58 bits per heavy atom. The molecule has 1 aromatic carbocycles. The van der Waals surface area contributed by atoms with Crippen molar-refractivity contribution in [3.8, 4) is 0 Å². The molecule has 0 spiro atoms. The Morgan fingerprint density at radius 2 is 2.08 bits per heavy atom. The molecule has 0 bridgehead atoms. The molecule has 1 heterocycles. The van der Waals surface area contributed by atoms with Crippen LogP contribution in [-0.4, -0.2) is 19.6 Å². The Morgan fingerprint density at radius 1 is 1.42 bits per heavy atom. The van der Waals surface area contributed by atoms with Crippen LogP contribution in [-0.2, 0) is 11.3 Å². The van der Waals surface area contributed by atoms with Crippen LogP contribution < -0.4 is 0 Å². The molecule has 3 nitrogen and oxygen atoms in total. The second-order valence-corrected chi connectivity index (χ2v) is 3.65. The quantitative estimate of drug-likeness (QED) is 0.502. The molecule has 1 saturated heterocycles. The first kappa shape index (κ1) is 7.91. The maximum Gasteiger partial charge on any atom is 0.0602 e. The summed E-state index contributed by atoms with van der Waals surface area (Å²) in [6, 6.07) is 9.72. The maximum atomic E-state index is 10.5. The highest BCUT2D eigenvalue weighted by molar-refractivity contribution is 7.76. The third-order valence-corrected chi connectivity index (χ3v) is 2.73. The molecule has 64 valence electrons. The molecule has 0 amide bonds. The largest absolute Gasteiger partial charge is 0.760 e. The lowest BCUT2D eigenvalue weighted by Crippen LogP contribution is -2.01. The summed E-state index contributed by atoms with van der Waals surface area (Å²) in [6.07, 6.45) is 0. The van der Waals surface area contributed by atoms with Crippen LogP contribution in [0, 0.1) is 0 Å². The monoisotopic (exact) mass is 182 g/mol. The van der Waals surface area contributed by atoms with Gasteiger partial charge in [-0.05, 0) is 5.56 Å². The van der Waals surface area contributed by atoms with Crippen LogP contribution in [0.15, 0.2) is 30.3 Å². The minimum Gasteiger partial charge on any atom is -0.760 e. The van der Waals surface area contributed by atoms with Gasteiger partial charge in [-0.15, -0.1) is 0 Å². The topological polar surface area (TPSA) is 43.1 Å². The van der Waals surface area contributed by atoms with E-state index in [0.717, 1.165) is 5.56 Å². The molecule has 1 aliphatic rings. The van der Waals surface area contributed by atoms with Crippen molar-refractivity contribution < 1.29 is 8.76 Å². The van der Waals surface area contributed by atoms with Gasteiger partial charge in [-0.2, -0.15) is 0 Å². The molecule has 3 unspecified atom stereocenters. The number of nitrogens with zero attached hydrogens (tertiary/aromatic N) is 1. The van der Waals surface area contributed by atoms with Gasteiger partial charge in [0.05, 0.1) is 6.04 Å². The van der Waals surface area contributed by atoms with E-state index >= 15 is 0 Å². The van der Waals surface area contributed by atoms with Crippen molar-refractivity contribution in [1.82, 2.24) is 4.31 Å².